The van der Waals surface area contributed by atoms with Gasteiger partial charge in [-0.3, -0.25) is 4.79 Å². The van der Waals surface area contributed by atoms with Crippen molar-refractivity contribution in [1.29, 1.82) is 0 Å². The van der Waals surface area contributed by atoms with E-state index in [2.05, 4.69) is 25.2 Å². The van der Waals surface area contributed by atoms with Crippen molar-refractivity contribution in [3.63, 3.8) is 0 Å². The Morgan fingerprint density at radius 1 is 1.47 bits per heavy atom. The van der Waals surface area contributed by atoms with Crippen LogP contribution in [0.1, 0.15) is 25.3 Å². The van der Waals surface area contributed by atoms with Crippen molar-refractivity contribution in [2.75, 3.05) is 19.8 Å². The Labute approximate surface area is 102 Å². The summed E-state index contributed by atoms with van der Waals surface area (Å²) in [4.78, 5) is 10.7. The van der Waals surface area contributed by atoms with E-state index in [9.17, 15) is 4.79 Å². The highest BCUT2D eigenvalue weighted by Gasteiger charge is 2.01. The molecule has 17 heavy (non-hydrogen) atoms. The van der Waals surface area contributed by atoms with Crippen molar-refractivity contribution in [2.45, 2.75) is 19.8 Å². The van der Waals surface area contributed by atoms with Crippen molar-refractivity contribution < 1.29 is 14.6 Å². The summed E-state index contributed by atoms with van der Waals surface area (Å²) in [5.41, 5.74) is 1.22. The van der Waals surface area contributed by atoms with E-state index in [-0.39, 0.29) is 5.91 Å². The normalized spacial score (nSPS) is 10.4. The minimum atomic E-state index is -0.483. The molecule has 0 aliphatic rings. The number of nitrogens with one attached hydrogen (secondary N) is 1. The minimum absolute atomic E-state index is 0.385. The van der Waals surface area contributed by atoms with Gasteiger partial charge in [-0.05, 0) is 23.6 Å². The number of amides is 1. The third kappa shape index (κ3) is 4.87. The van der Waals surface area contributed by atoms with Crippen LogP contribution in [0.15, 0.2) is 24.3 Å². The van der Waals surface area contributed by atoms with E-state index in [1.54, 1.807) is 0 Å². The van der Waals surface area contributed by atoms with Gasteiger partial charge in [0.15, 0.2) is 0 Å². The van der Waals surface area contributed by atoms with Gasteiger partial charge >= 0.3 is 0 Å². The zero-order chi connectivity index (χ0) is 12.7. The van der Waals surface area contributed by atoms with E-state index in [4.69, 9.17) is 9.84 Å². The summed E-state index contributed by atoms with van der Waals surface area (Å²) in [6.07, 6.45) is 0. The van der Waals surface area contributed by atoms with Crippen LogP contribution >= 0.6 is 0 Å². The fourth-order valence-electron chi connectivity index (χ4n) is 1.38. The summed E-state index contributed by atoms with van der Waals surface area (Å²) < 4.78 is 5.50. The molecule has 0 radical (unpaired) electrons. The van der Waals surface area contributed by atoms with Crippen LogP contribution in [0, 0.1) is 0 Å². The summed E-state index contributed by atoms with van der Waals surface area (Å²) in [5, 5.41) is 11.0. The Morgan fingerprint density at radius 2 is 2.24 bits per heavy atom. The van der Waals surface area contributed by atoms with Crippen LogP contribution in [-0.2, 0) is 4.79 Å². The first kappa shape index (κ1) is 13.5. The van der Waals surface area contributed by atoms with Crippen molar-refractivity contribution in [3.8, 4) is 5.75 Å². The standard InChI is InChI=1S/C13H19NO3/c1-10(2)11-4-3-5-12(8-11)17-7-6-14-13(16)9-15/h3-5,8,10,15H,6-7,9H2,1-2H3,(H,14,16). The number of ether oxygens (including phenoxy) is 1. The van der Waals surface area contributed by atoms with Crippen LogP contribution < -0.4 is 10.1 Å². The Morgan fingerprint density at radius 3 is 2.88 bits per heavy atom. The molecule has 0 spiro atoms. The van der Waals surface area contributed by atoms with Gasteiger partial charge in [-0.15, -0.1) is 0 Å². The Kier molecular flexibility index (Phi) is 5.49. The summed E-state index contributed by atoms with van der Waals surface area (Å²) >= 11 is 0. The lowest BCUT2D eigenvalue weighted by atomic mass is 10.0. The van der Waals surface area contributed by atoms with Gasteiger partial charge in [-0.1, -0.05) is 26.0 Å². The average molecular weight is 237 g/mol. The summed E-state index contributed by atoms with van der Waals surface area (Å²) in [6.45, 7) is 4.56. The number of benzene rings is 1. The van der Waals surface area contributed by atoms with E-state index < -0.39 is 6.61 Å². The molecule has 4 nitrogen and oxygen atoms in total. The van der Waals surface area contributed by atoms with Crippen molar-refractivity contribution in [2.24, 2.45) is 0 Å². The molecule has 0 heterocycles. The van der Waals surface area contributed by atoms with Crippen LogP contribution in [0.5, 0.6) is 5.75 Å². The molecule has 1 amide bonds. The highest BCUT2D eigenvalue weighted by Crippen LogP contribution is 2.19. The van der Waals surface area contributed by atoms with Crippen LogP contribution in [0.25, 0.3) is 0 Å². The van der Waals surface area contributed by atoms with Gasteiger partial charge < -0.3 is 15.2 Å². The average Bonchev–Trinajstić information content (AvgIpc) is 2.34. The molecule has 94 valence electrons. The predicted molar refractivity (Wildman–Crippen MR) is 66.1 cm³/mol. The van der Waals surface area contributed by atoms with Gasteiger partial charge in [0, 0.05) is 0 Å². The molecule has 0 bridgehead atoms. The zero-order valence-electron chi connectivity index (χ0n) is 10.3. The highest BCUT2D eigenvalue weighted by molar-refractivity contribution is 5.76. The predicted octanol–water partition coefficient (Wildman–Crippen LogP) is 1.30. The number of carbonyl (C=O) groups excluding carboxylic acids is 1. The Bertz CT molecular complexity index is 363. The second-order valence-electron chi connectivity index (χ2n) is 4.08. The molecule has 1 aromatic carbocycles. The van der Waals surface area contributed by atoms with E-state index in [1.165, 1.54) is 5.56 Å². The second kappa shape index (κ2) is 6.91. The second-order valence-corrected chi connectivity index (χ2v) is 4.08. The quantitative estimate of drug-likeness (QED) is 0.733. The van der Waals surface area contributed by atoms with Gasteiger partial charge in [0.25, 0.3) is 0 Å². The number of hydrogen-bond acceptors (Lipinski definition) is 3. The maximum atomic E-state index is 10.7. The molecule has 0 aliphatic heterocycles. The largest absolute Gasteiger partial charge is 0.492 e. The first-order chi connectivity index (χ1) is 8.13. The van der Waals surface area contributed by atoms with Crippen molar-refractivity contribution in [1.82, 2.24) is 5.32 Å². The number of hydrogen-bond donors (Lipinski definition) is 2. The summed E-state index contributed by atoms with van der Waals surface area (Å²) in [7, 11) is 0. The SMILES string of the molecule is CC(C)c1cccc(OCCNC(=O)CO)c1. The topological polar surface area (TPSA) is 58.6 Å². The number of carbonyl (C=O) groups is 1. The van der Waals surface area contributed by atoms with Gasteiger partial charge in [0.05, 0.1) is 6.54 Å². The highest BCUT2D eigenvalue weighted by atomic mass is 16.5. The van der Waals surface area contributed by atoms with Crippen LogP contribution in [0.4, 0.5) is 0 Å². The Hall–Kier alpha value is -1.55. The first-order valence-corrected chi connectivity index (χ1v) is 5.74. The molecule has 0 saturated heterocycles. The fourth-order valence-corrected chi connectivity index (χ4v) is 1.38. The molecule has 0 fully saturated rings. The monoisotopic (exact) mass is 237 g/mol. The molecule has 0 atom stereocenters. The van der Waals surface area contributed by atoms with E-state index in [0.29, 0.717) is 19.1 Å². The Balaban J connectivity index is 2.36. The molecular weight excluding hydrogens is 218 g/mol. The van der Waals surface area contributed by atoms with Gasteiger partial charge in [0.1, 0.15) is 19.0 Å². The number of aliphatic hydroxyl groups excluding tert-OH is 1. The van der Waals surface area contributed by atoms with E-state index >= 15 is 0 Å². The molecule has 4 heteroatoms. The minimum Gasteiger partial charge on any atom is -0.492 e. The molecule has 0 unspecified atom stereocenters. The summed E-state index contributed by atoms with van der Waals surface area (Å²) in [6, 6.07) is 7.90. The maximum absolute atomic E-state index is 10.7. The third-order valence-corrected chi connectivity index (χ3v) is 2.36. The molecule has 1 aromatic rings. The molecule has 1 rings (SSSR count). The molecule has 2 N–H and O–H groups in total. The van der Waals surface area contributed by atoms with E-state index in [1.807, 2.05) is 18.2 Å². The lowest BCUT2D eigenvalue weighted by molar-refractivity contribution is -0.123. The van der Waals surface area contributed by atoms with Crippen molar-refractivity contribution in [3.05, 3.63) is 29.8 Å². The van der Waals surface area contributed by atoms with Crippen molar-refractivity contribution >= 4 is 5.91 Å². The lowest BCUT2D eigenvalue weighted by Crippen LogP contribution is -2.30. The number of rotatable bonds is 6. The third-order valence-electron chi connectivity index (χ3n) is 2.36. The fraction of sp³-hybridized carbons (Fsp3) is 0.462. The van der Waals surface area contributed by atoms with Crippen LogP contribution in [-0.4, -0.2) is 30.8 Å². The van der Waals surface area contributed by atoms with Gasteiger partial charge in [-0.25, -0.2) is 0 Å². The van der Waals surface area contributed by atoms with Crippen LogP contribution in [0.3, 0.4) is 0 Å². The van der Waals surface area contributed by atoms with E-state index in [0.717, 1.165) is 5.75 Å². The molecule has 0 saturated carbocycles. The number of aliphatic hydroxyl groups is 1. The maximum Gasteiger partial charge on any atom is 0.245 e. The van der Waals surface area contributed by atoms with Gasteiger partial charge in [0.2, 0.25) is 5.91 Å². The molecule has 0 aliphatic carbocycles. The zero-order valence-corrected chi connectivity index (χ0v) is 10.3. The first-order valence-electron chi connectivity index (χ1n) is 5.74. The molecule has 0 aromatic heterocycles. The van der Waals surface area contributed by atoms with Gasteiger partial charge in [-0.2, -0.15) is 0 Å². The lowest BCUT2D eigenvalue weighted by Gasteiger charge is -2.10. The molecular formula is C13H19NO3. The summed E-state index contributed by atoms with van der Waals surface area (Å²) in [5.74, 6) is 0.881. The smallest absolute Gasteiger partial charge is 0.245 e. The van der Waals surface area contributed by atoms with Crippen LogP contribution in [0.2, 0.25) is 0 Å².